The third-order valence-corrected chi connectivity index (χ3v) is 4.18. The van der Waals surface area contributed by atoms with Gasteiger partial charge in [-0.25, -0.2) is 0 Å². The van der Waals surface area contributed by atoms with Crippen LogP contribution in [-0.4, -0.2) is 18.3 Å². The molecule has 0 bridgehead atoms. The van der Waals surface area contributed by atoms with Crippen LogP contribution in [0.4, 0.5) is 0 Å². The molecule has 118 valence electrons. The summed E-state index contributed by atoms with van der Waals surface area (Å²) in [7, 11) is 0. The normalized spacial score (nSPS) is 13.2. The van der Waals surface area contributed by atoms with Crippen LogP contribution in [0.25, 0.3) is 0 Å². The zero-order valence-corrected chi connectivity index (χ0v) is 12.9. The Bertz CT molecular complexity index is 752. The summed E-state index contributed by atoms with van der Waals surface area (Å²) in [5.74, 6) is -0.328. The van der Waals surface area contributed by atoms with Crippen LogP contribution in [0.2, 0.25) is 0 Å². The molecule has 0 spiro atoms. The SMILES string of the molecule is NC(=O)c1ccccc1OCC(=O)c1ccc2c(c1)CCCC2. The van der Waals surface area contributed by atoms with E-state index in [9.17, 15) is 9.59 Å². The van der Waals surface area contributed by atoms with E-state index in [1.807, 2.05) is 18.2 Å². The van der Waals surface area contributed by atoms with E-state index >= 15 is 0 Å². The first kappa shape index (κ1) is 15.3. The van der Waals surface area contributed by atoms with Gasteiger partial charge in [0.05, 0.1) is 5.56 Å². The van der Waals surface area contributed by atoms with E-state index in [0.29, 0.717) is 11.3 Å². The summed E-state index contributed by atoms with van der Waals surface area (Å²) in [4.78, 5) is 23.7. The molecule has 4 nitrogen and oxygen atoms in total. The average Bonchev–Trinajstić information content (AvgIpc) is 2.59. The van der Waals surface area contributed by atoms with E-state index in [1.54, 1.807) is 24.3 Å². The van der Waals surface area contributed by atoms with Gasteiger partial charge in [-0.3, -0.25) is 9.59 Å². The van der Waals surface area contributed by atoms with Crippen molar-refractivity contribution in [1.29, 1.82) is 0 Å². The van der Waals surface area contributed by atoms with Crippen LogP contribution in [0.5, 0.6) is 5.75 Å². The first-order valence-corrected chi connectivity index (χ1v) is 7.82. The van der Waals surface area contributed by atoms with Crippen LogP contribution in [0.1, 0.15) is 44.7 Å². The number of carbonyl (C=O) groups is 2. The second kappa shape index (κ2) is 6.65. The molecule has 23 heavy (non-hydrogen) atoms. The van der Waals surface area contributed by atoms with Gasteiger partial charge in [-0.15, -0.1) is 0 Å². The van der Waals surface area contributed by atoms with Crippen LogP contribution >= 0.6 is 0 Å². The van der Waals surface area contributed by atoms with Gasteiger partial charge in [0.2, 0.25) is 0 Å². The number of hydrogen-bond acceptors (Lipinski definition) is 3. The minimum Gasteiger partial charge on any atom is -0.485 e. The van der Waals surface area contributed by atoms with Crippen molar-refractivity contribution in [2.45, 2.75) is 25.7 Å². The third kappa shape index (κ3) is 3.42. The number of benzene rings is 2. The molecule has 0 saturated carbocycles. The van der Waals surface area contributed by atoms with Crippen LogP contribution in [0.15, 0.2) is 42.5 Å². The Kier molecular flexibility index (Phi) is 4.42. The van der Waals surface area contributed by atoms with Crippen molar-refractivity contribution < 1.29 is 14.3 Å². The summed E-state index contributed by atoms with van der Waals surface area (Å²) >= 11 is 0. The quantitative estimate of drug-likeness (QED) is 0.863. The number of amides is 1. The van der Waals surface area contributed by atoms with Crippen molar-refractivity contribution in [2.75, 3.05) is 6.61 Å². The Morgan fingerprint density at radius 2 is 1.74 bits per heavy atom. The molecule has 4 heteroatoms. The maximum absolute atomic E-state index is 12.3. The van der Waals surface area contributed by atoms with Crippen molar-refractivity contribution in [3.8, 4) is 5.75 Å². The Morgan fingerprint density at radius 3 is 2.52 bits per heavy atom. The summed E-state index contributed by atoms with van der Waals surface area (Å²) in [6.45, 7) is -0.108. The fourth-order valence-corrected chi connectivity index (χ4v) is 2.93. The van der Waals surface area contributed by atoms with Crippen LogP contribution in [0.3, 0.4) is 0 Å². The summed E-state index contributed by atoms with van der Waals surface area (Å²) in [6, 6.07) is 12.5. The molecule has 2 aromatic carbocycles. The van der Waals surface area contributed by atoms with Crippen LogP contribution in [-0.2, 0) is 12.8 Å². The van der Waals surface area contributed by atoms with Crippen molar-refractivity contribution in [3.05, 3.63) is 64.7 Å². The monoisotopic (exact) mass is 309 g/mol. The number of nitrogens with two attached hydrogens (primary N) is 1. The Balaban J connectivity index is 1.72. The van der Waals surface area contributed by atoms with E-state index in [2.05, 4.69) is 0 Å². The summed E-state index contributed by atoms with van der Waals surface area (Å²) < 4.78 is 5.51. The molecule has 2 aromatic rings. The minimum absolute atomic E-state index is 0.0994. The van der Waals surface area contributed by atoms with E-state index in [1.165, 1.54) is 24.0 Å². The summed E-state index contributed by atoms with van der Waals surface area (Å²) in [5, 5.41) is 0. The zero-order chi connectivity index (χ0) is 16.2. The number of para-hydroxylation sites is 1. The Hall–Kier alpha value is -2.62. The Morgan fingerprint density at radius 1 is 1.00 bits per heavy atom. The number of ketones is 1. The molecular formula is C19H19NO3. The predicted molar refractivity (Wildman–Crippen MR) is 87.9 cm³/mol. The van der Waals surface area contributed by atoms with Crippen LogP contribution in [0, 0.1) is 0 Å². The number of Topliss-reactive ketones (excluding diaryl/α,β-unsaturated/α-hetero) is 1. The van der Waals surface area contributed by atoms with Gasteiger partial charge in [0.1, 0.15) is 5.75 Å². The lowest BCUT2D eigenvalue weighted by Gasteiger charge is -2.16. The van der Waals surface area contributed by atoms with Gasteiger partial charge < -0.3 is 10.5 Å². The molecule has 1 aliphatic rings. The van der Waals surface area contributed by atoms with Gasteiger partial charge in [-0.1, -0.05) is 24.3 Å². The molecule has 1 amide bonds. The van der Waals surface area contributed by atoms with Gasteiger partial charge in [-0.05, 0) is 55.0 Å². The van der Waals surface area contributed by atoms with Crippen molar-refractivity contribution in [2.24, 2.45) is 5.73 Å². The molecular weight excluding hydrogens is 290 g/mol. The Labute approximate surface area is 135 Å². The number of primary amides is 1. The lowest BCUT2D eigenvalue weighted by molar-refractivity contribution is 0.0912. The summed E-state index contributed by atoms with van der Waals surface area (Å²) in [5.41, 5.74) is 8.85. The van der Waals surface area contributed by atoms with Crippen LogP contribution < -0.4 is 10.5 Å². The highest BCUT2D eigenvalue weighted by Gasteiger charge is 2.15. The van der Waals surface area contributed by atoms with Gasteiger partial charge >= 0.3 is 0 Å². The molecule has 0 atom stereocenters. The van der Waals surface area contributed by atoms with Gasteiger partial charge in [-0.2, -0.15) is 0 Å². The van der Waals surface area contributed by atoms with E-state index < -0.39 is 5.91 Å². The average molecular weight is 309 g/mol. The molecule has 0 radical (unpaired) electrons. The maximum Gasteiger partial charge on any atom is 0.252 e. The minimum atomic E-state index is -0.568. The number of rotatable bonds is 5. The molecule has 0 unspecified atom stereocenters. The zero-order valence-electron chi connectivity index (χ0n) is 12.9. The van der Waals surface area contributed by atoms with E-state index in [4.69, 9.17) is 10.5 Å². The second-order valence-corrected chi connectivity index (χ2v) is 5.76. The fourth-order valence-electron chi connectivity index (χ4n) is 2.93. The number of aryl methyl sites for hydroxylation is 2. The highest BCUT2D eigenvalue weighted by molar-refractivity contribution is 5.98. The smallest absolute Gasteiger partial charge is 0.252 e. The summed E-state index contributed by atoms with van der Waals surface area (Å²) in [6.07, 6.45) is 4.51. The van der Waals surface area contributed by atoms with Gasteiger partial charge in [0.15, 0.2) is 12.4 Å². The molecule has 1 aliphatic carbocycles. The lowest BCUT2D eigenvalue weighted by atomic mass is 9.90. The first-order chi connectivity index (χ1) is 11.1. The number of hydrogen-bond donors (Lipinski definition) is 1. The van der Waals surface area contributed by atoms with E-state index in [-0.39, 0.29) is 18.0 Å². The number of ether oxygens (including phenoxy) is 1. The van der Waals surface area contributed by atoms with Crippen molar-refractivity contribution >= 4 is 11.7 Å². The van der Waals surface area contributed by atoms with Crippen molar-refractivity contribution in [1.82, 2.24) is 0 Å². The highest BCUT2D eigenvalue weighted by atomic mass is 16.5. The number of fused-ring (bicyclic) bond motifs is 1. The standard InChI is InChI=1S/C19H19NO3/c20-19(22)16-7-3-4-8-18(16)23-12-17(21)15-10-9-13-5-1-2-6-14(13)11-15/h3-4,7-11H,1-2,5-6,12H2,(H2,20,22). The second-order valence-electron chi connectivity index (χ2n) is 5.76. The predicted octanol–water partition coefficient (Wildman–Crippen LogP) is 2.93. The molecule has 0 aromatic heterocycles. The van der Waals surface area contributed by atoms with Gasteiger partial charge in [0.25, 0.3) is 5.91 Å². The molecule has 0 saturated heterocycles. The fraction of sp³-hybridized carbons (Fsp3) is 0.263. The van der Waals surface area contributed by atoms with Gasteiger partial charge in [0, 0.05) is 5.56 Å². The molecule has 0 heterocycles. The van der Waals surface area contributed by atoms with E-state index in [0.717, 1.165) is 12.8 Å². The third-order valence-electron chi connectivity index (χ3n) is 4.18. The molecule has 0 aliphatic heterocycles. The highest BCUT2D eigenvalue weighted by Crippen LogP contribution is 2.23. The lowest BCUT2D eigenvalue weighted by Crippen LogP contribution is -2.17. The maximum atomic E-state index is 12.3. The first-order valence-electron chi connectivity index (χ1n) is 7.82. The van der Waals surface area contributed by atoms with Crippen molar-refractivity contribution in [3.63, 3.8) is 0 Å². The topological polar surface area (TPSA) is 69.4 Å². The molecule has 3 rings (SSSR count). The largest absolute Gasteiger partial charge is 0.485 e. The number of carbonyl (C=O) groups excluding carboxylic acids is 2. The molecule has 2 N–H and O–H groups in total. The molecule has 0 fully saturated rings.